The van der Waals surface area contributed by atoms with E-state index in [1.165, 1.54) is 5.57 Å². The van der Waals surface area contributed by atoms with Crippen LogP contribution < -0.4 is 0 Å². The Hall–Kier alpha value is -0.260. The summed E-state index contributed by atoms with van der Waals surface area (Å²) in [6.07, 6.45) is 2.30. The molecule has 1 rings (SSSR count). The lowest BCUT2D eigenvalue weighted by Crippen LogP contribution is -2.23. The zero-order valence-corrected chi connectivity index (χ0v) is 7.44. The Morgan fingerprint density at radius 1 is 1.50 bits per heavy atom. The van der Waals surface area contributed by atoms with E-state index in [9.17, 15) is 0 Å². The van der Waals surface area contributed by atoms with Crippen LogP contribution in [0.4, 0.5) is 0 Å². The van der Waals surface area contributed by atoms with E-state index in [0.29, 0.717) is 17.3 Å². The summed E-state index contributed by atoms with van der Waals surface area (Å²) >= 11 is 0. The molecule has 1 aliphatic carbocycles. The first-order valence-corrected chi connectivity index (χ1v) is 3.97. The van der Waals surface area contributed by atoms with Gasteiger partial charge in [0.05, 0.1) is 0 Å². The second-order valence-electron chi connectivity index (χ2n) is 4.06. The third-order valence-electron chi connectivity index (χ3n) is 3.22. The highest BCUT2D eigenvalue weighted by atomic mass is 14.4. The Morgan fingerprint density at radius 2 is 2.00 bits per heavy atom. The van der Waals surface area contributed by atoms with Gasteiger partial charge in [-0.15, -0.1) is 0 Å². The van der Waals surface area contributed by atoms with Gasteiger partial charge < -0.3 is 0 Å². The fraction of sp³-hybridized carbons (Fsp3) is 0.700. The molecule has 0 aromatic carbocycles. The standard InChI is InChI=1S/C10H17/c1-7-6-8(2)10(4,5)9(7)3/h6,8-9H,2H2,1,3-5H3/t8-,9-/m0/s1. The van der Waals surface area contributed by atoms with E-state index in [1.54, 1.807) is 0 Å². The summed E-state index contributed by atoms with van der Waals surface area (Å²) < 4.78 is 0. The van der Waals surface area contributed by atoms with Crippen LogP contribution in [0.2, 0.25) is 0 Å². The predicted octanol–water partition coefficient (Wildman–Crippen LogP) is 3.06. The van der Waals surface area contributed by atoms with Gasteiger partial charge in [-0.2, -0.15) is 0 Å². The minimum Gasteiger partial charge on any atom is -0.0816 e. The Morgan fingerprint density at radius 3 is 2.10 bits per heavy atom. The summed E-state index contributed by atoms with van der Waals surface area (Å²) in [4.78, 5) is 0. The molecule has 2 atom stereocenters. The molecule has 0 aliphatic heterocycles. The summed E-state index contributed by atoms with van der Waals surface area (Å²) in [5, 5.41) is 0. The smallest absolute Gasteiger partial charge is 0.0174 e. The highest BCUT2D eigenvalue weighted by Gasteiger charge is 2.36. The highest BCUT2D eigenvalue weighted by Crippen LogP contribution is 2.45. The minimum atomic E-state index is 0.379. The van der Waals surface area contributed by atoms with Gasteiger partial charge in [-0.25, -0.2) is 0 Å². The van der Waals surface area contributed by atoms with Crippen molar-refractivity contribution in [3.8, 4) is 0 Å². The van der Waals surface area contributed by atoms with Crippen molar-refractivity contribution in [2.45, 2.75) is 27.7 Å². The Labute approximate surface area is 64.3 Å². The molecular weight excluding hydrogens is 120 g/mol. The zero-order valence-electron chi connectivity index (χ0n) is 7.44. The van der Waals surface area contributed by atoms with Crippen molar-refractivity contribution in [2.24, 2.45) is 17.3 Å². The van der Waals surface area contributed by atoms with E-state index in [-0.39, 0.29) is 0 Å². The van der Waals surface area contributed by atoms with Crippen molar-refractivity contribution >= 4 is 0 Å². The fourth-order valence-corrected chi connectivity index (χ4v) is 1.58. The Balaban J connectivity index is 2.87. The van der Waals surface area contributed by atoms with Gasteiger partial charge in [0.2, 0.25) is 0 Å². The van der Waals surface area contributed by atoms with Crippen LogP contribution in [-0.4, -0.2) is 0 Å². The first kappa shape index (κ1) is 7.84. The quantitative estimate of drug-likeness (QED) is 0.450. The van der Waals surface area contributed by atoms with Crippen molar-refractivity contribution < 1.29 is 0 Å². The fourth-order valence-electron chi connectivity index (χ4n) is 1.58. The van der Waals surface area contributed by atoms with Gasteiger partial charge in [0.1, 0.15) is 0 Å². The molecule has 0 unspecified atom stereocenters. The highest BCUT2D eigenvalue weighted by molar-refractivity contribution is 5.19. The first-order chi connectivity index (χ1) is 4.46. The van der Waals surface area contributed by atoms with E-state index >= 15 is 0 Å². The van der Waals surface area contributed by atoms with Crippen LogP contribution in [0.1, 0.15) is 27.7 Å². The lowest BCUT2D eigenvalue weighted by molar-refractivity contribution is 0.243. The van der Waals surface area contributed by atoms with Crippen molar-refractivity contribution in [3.63, 3.8) is 0 Å². The maximum Gasteiger partial charge on any atom is -0.0174 e. The molecular formula is C10H17. The summed E-state index contributed by atoms with van der Waals surface area (Å²) in [5.74, 6) is 1.21. The molecule has 0 amide bonds. The minimum absolute atomic E-state index is 0.379. The SMILES string of the molecule is [CH2][C@H]1C=C(C)[C@H](C)C1(C)C. The summed E-state index contributed by atoms with van der Waals surface area (Å²) in [5.41, 5.74) is 1.88. The summed E-state index contributed by atoms with van der Waals surface area (Å²) in [6, 6.07) is 0. The van der Waals surface area contributed by atoms with Crippen LogP contribution in [0.15, 0.2) is 11.6 Å². The van der Waals surface area contributed by atoms with Gasteiger partial charge in [0.25, 0.3) is 0 Å². The molecule has 1 aliphatic rings. The van der Waals surface area contributed by atoms with Crippen molar-refractivity contribution in [1.29, 1.82) is 0 Å². The van der Waals surface area contributed by atoms with Crippen LogP contribution in [0.3, 0.4) is 0 Å². The van der Waals surface area contributed by atoms with Gasteiger partial charge in [0, 0.05) is 0 Å². The summed E-state index contributed by atoms with van der Waals surface area (Å²) in [6.45, 7) is 13.2. The molecule has 0 N–H and O–H groups in total. The zero-order chi connectivity index (χ0) is 7.94. The molecule has 0 saturated heterocycles. The van der Waals surface area contributed by atoms with Crippen molar-refractivity contribution in [2.75, 3.05) is 0 Å². The van der Waals surface area contributed by atoms with Crippen LogP contribution in [0.5, 0.6) is 0 Å². The maximum absolute atomic E-state index is 4.11. The molecule has 0 saturated carbocycles. The third-order valence-corrected chi connectivity index (χ3v) is 3.22. The largest absolute Gasteiger partial charge is 0.0816 e. The first-order valence-electron chi connectivity index (χ1n) is 3.97. The molecule has 0 heterocycles. The average molecular weight is 137 g/mol. The van der Waals surface area contributed by atoms with E-state index in [2.05, 4.69) is 40.7 Å². The number of rotatable bonds is 0. The van der Waals surface area contributed by atoms with E-state index in [0.717, 1.165) is 0 Å². The topological polar surface area (TPSA) is 0 Å². The maximum atomic E-state index is 4.11. The van der Waals surface area contributed by atoms with Crippen LogP contribution in [-0.2, 0) is 0 Å². The number of hydrogen-bond donors (Lipinski definition) is 0. The molecule has 57 valence electrons. The van der Waals surface area contributed by atoms with Gasteiger partial charge in [-0.05, 0) is 31.1 Å². The lowest BCUT2D eigenvalue weighted by Gasteiger charge is -2.29. The molecule has 0 aromatic heterocycles. The molecule has 0 nitrogen and oxygen atoms in total. The number of allylic oxidation sites excluding steroid dienone is 2. The third kappa shape index (κ3) is 0.902. The molecule has 1 radical (unpaired) electrons. The van der Waals surface area contributed by atoms with E-state index in [1.807, 2.05) is 0 Å². The van der Waals surface area contributed by atoms with E-state index in [4.69, 9.17) is 0 Å². The summed E-state index contributed by atoms with van der Waals surface area (Å²) in [7, 11) is 0. The predicted molar refractivity (Wildman–Crippen MR) is 45.5 cm³/mol. The van der Waals surface area contributed by atoms with Crippen LogP contribution in [0.25, 0.3) is 0 Å². The second kappa shape index (κ2) is 2.11. The Bertz CT molecular complexity index is 163. The van der Waals surface area contributed by atoms with E-state index < -0.39 is 0 Å². The molecule has 0 fully saturated rings. The second-order valence-corrected chi connectivity index (χ2v) is 4.06. The normalized spacial score (nSPS) is 37.9. The van der Waals surface area contributed by atoms with Gasteiger partial charge in [-0.3, -0.25) is 0 Å². The Kier molecular flexibility index (Phi) is 1.66. The van der Waals surface area contributed by atoms with Crippen LogP contribution >= 0.6 is 0 Å². The average Bonchev–Trinajstić information content (AvgIpc) is 1.97. The molecule has 0 bridgehead atoms. The molecule has 10 heavy (non-hydrogen) atoms. The van der Waals surface area contributed by atoms with Crippen LogP contribution in [0, 0.1) is 24.2 Å². The van der Waals surface area contributed by atoms with Crippen molar-refractivity contribution in [1.82, 2.24) is 0 Å². The van der Waals surface area contributed by atoms with Gasteiger partial charge >= 0.3 is 0 Å². The molecule has 0 heteroatoms. The lowest BCUT2D eigenvalue weighted by atomic mass is 9.75. The van der Waals surface area contributed by atoms with Crippen molar-refractivity contribution in [3.05, 3.63) is 18.6 Å². The molecule has 0 spiro atoms. The molecule has 0 aromatic rings. The monoisotopic (exact) mass is 137 g/mol. The van der Waals surface area contributed by atoms with Gasteiger partial charge in [-0.1, -0.05) is 32.4 Å². The van der Waals surface area contributed by atoms with Gasteiger partial charge in [0.15, 0.2) is 0 Å². The number of hydrogen-bond acceptors (Lipinski definition) is 0.